The minimum absolute atomic E-state index is 0. The summed E-state index contributed by atoms with van der Waals surface area (Å²) in [5.74, 6) is 0.864. The largest absolute Gasteiger partial charge is 0.312 e. The predicted octanol–water partition coefficient (Wildman–Crippen LogP) is 2.52. The molecule has 2 rings (SSSR count). The summed E-state index contributed by atoms with van der Waals surface area (Å²) < 4.78 is 0. The van der Waals surface area contributed by atoms with E-state index in [1.165, 1.54) is 12.8 Å². The molecule has 0 heterocycles. The standard InChI is InChI=1S/C11H14N2O2.ClH/c14-13(15)11-5-3-10(4-6-11)8-12-7-9-1-2-9;/h3-6,9,12H,1-2,7-8H2;1H. The molecule has 1 aliphatic rings. The number of nitrogens with zero attached hydrogens (tertiary/aromatic N) is 1. The summed E-state index contributed by atoms with van der Waals surface area (Å²) in [5.41, 5.74) is 1.25. The lowest BCUT2D eigenvalue weighted by Gasteiger charge is -2.02. The topological polar surface area (TPSA) is 55.2 Å². The van der Waals surface area contributed by atoms with Gasteiger partial charge in [-0.2, -0.15) is 0 Å². The number of nitro groups is 1. The maximum atomic E-state index is 10.4. The van der Waals surface area contributed by atoms with Crippen LogP contribution in [0.5, 0.6) is 0 Å². The van der Waals surface area contributed by atoms with Gasteiger partial charge >= 0.3 is 0 Å². The highest BCUT2D eigenvalue weighted by atomic mass is 35.5. The van der Waals surface area contributed by atoms with Crippen molar-refractivity contribution in [3.8, 4) is 0 Å². The molecule has 0 spiro atoms. The number of non-ortho nitro benzene ring substituents is 1. The van der Waals surface area contributed by atoms with Crippen LogP contribution >= 0.6 is 12.4 Å². The fraction of sp³-hybridized carbons (Fsp3) is 0.455. The molecule has 0 aromatic heterocycles. The Labute approximate surface area is 101 Å². The highest BCUT2D eigenvalue weighted by Gasteiger charge is 2.20. The van der Waals surface area contributed by atoms with Gasteiger partial charge in [0.25, 0.3) is 5.69 Å². The van der Waals surface area contributed by atoms with Crippen LogP contribution in [0.15, 0.2) is 24.3 Å². The van der Waals surface area contributed by atoms with Gasteiger partial charge in [-0.15, -0.1) is 12.4 Å². The summed E-state index contributed by atoms with van der Waals surface area (Å²) in [6.45, 7) is 1.87. The highest BCUT2D eigenvalue weighted by molar-refractivity contribution is 5.85. The Morgan fingerprint density at radius 2 is 1.94 bits per heavy atom. The third kappa shape index (κ3) is 3.79. The smallest absolute Gasteiger partial charge is 0.269 e. The van der Waals surface area contributed by atoms with Crippen LogP contribution in [0.4, 0.5) is 5.69 Å². The molecule has 0 saturated heterocycles. The van der Waals surface area contributed by atoms with Crippen molar-refractivity contribution < 1.29 is 4.92 Å². The Morgan fingerprint density at radius 1 is 1.31 bits per heavy atom. The highest BCUT2D eigenvalue weighted by Crippen LogP contribution is 2.27. The van der Waals surface area contributed by atoms with Gasteiger partial charge in [0, 0.05) is 18.7 Å². The van der Waals surface area contributed by atoms with Crippen molar-refractivity contribution in [2.45, 2.75) is 19.4 Å². The van der Waals surface area contributed by atoms with E-state index in [1.54, 1.807) is 24.3 Å². The quantitative estimate of drug-likeness (QED) is 0.638. The van der Waals surface area contributed by atoms with Crippen LogP contribution in [0, 0.1) is 16.0 Å². The Kier molecular flexibility index (Phi) is 4.71. The summed E-state index contributed by atoms with van der Waals surface area (Å²) in [6.07, 6.45) is 2.68. The minimum Gasteiger partial charge on any atom is -0.312 e. The molecule has 1 aromatic carbocycles. The van der Waals surface area contributed by atoms with E-state index in [0.29, 0.717) is 0 Å². The van der Waals surface area contributed by atoms with Gasteiger partial charge in [0.15, 0.2) is 0 Å². The fourth-order valence-corrected chi connectivity index (χ4v) is 1.48. The van der Waals surface area contributed by atoms with E-state index in [9.17, 15) is 10.1 Å². The van der Waals surface area contributed by atoms with Crippen LogP contribution in [0.25, 0.3) is 0 Å². The second kappa shape index (κ2) is 5.82. The molecular weight excluding hydrogens is 228 g/mol. The van der Waals surface area contributed by atoms with Crippen LogP contribution in [-0.4, -0.2) is 11.5 Å². The lowest BCUT2D eigenvalue weighted by atomic mass is 10.2. The average molecular weight is 243 g/mol. The summed E-state index contributed by atoms with van der Waals surface area (Å²) >= 11 is 0. The monoisotopic (exact) mass is 242 g/mol. The third-order valence-corrected chi connectivity index (χ3v) is 2.61. The first kappa shape index (κ1) is 12.9. The fourth-order valence-electron chi connectivity index (χ4n) is 1.48. The van der Waals surface area contributed by atoms with E-state index in [0.717, 1.165) is 24.6 Å². The number of nitrogens with one attached hydrogen (secondary N) is 1. The Balaban J connectivity index is 0.00000128. The van der Waals surface area contributed by atoms with E-state index in [2.05, 4.69) is 5.32 Å². The first-order valence-electron chi connectivity index (χ1n) is 5.20. The Bertz CT molecular complexity index is 350. The number of hydrogen-bond acceptors (Lipinski definition) is 3. The first-order valence-corrected chi connectivity index (χ1v) is 5.20. The maximum Gasteiger partial charge on any atom is 0.269 e. The van der Waals surface area contributed by atoms with E-state index in [-0.39, 0.29) is 23.0 Å². The van der Waals surface area contributed by atoms with E-state index in [4.69, 9.17) is 0 Å². The number of benzene rings is 1. The van der Waals surface area contributed by atoms with Crippen LogP contribution in [0.3, 0.4) is 0 Å². The molecule has 0 amide bonds. The SMILES string of the molecule is Cl.O=[N+]([O-])c1ccc(CNCC2CC2)cc1. The molecule has 4 nitrogen and oxygen atoms in total. The van der Waals surface area contributed by atoms with Crippen molar-refractivity contribution in [3.05, 3.63) is 39.9 Å². The maximum absolute atomic E-state index is 10.4. The average Bonchev–Trinajstić information content (AvgIpc) is 3.02. The molecule has 1 saturated carbocycles. The molecule has 1 fully saturated rings. The zero-order valence-electron chi connectivity index (χ0n) is 8.89. The lowest BCUT2D eigenvalue weighted by molar-refractivity contribution is -0.384. The molecule has 0 bridgehead atoms. The van der Waals surface area contributed by atoms with Gasteiger partial charge in [-0.05, 0) is 30.9 Å². The first-order chi connectivity index (χ1) is 7.25. The van der Waals surface area contributed by atoms with Gasteiger partial charge in [-0.3, -0.25) is 10.1 Å². The zero-order valence-corrected chi connectivity index (χ0v) is 9.70. The van der Waals surface area contributed by atoms with Gasteiger partial charge < -0.3 is 5.32 Å². The van der Waals surface area contributed by atoms with Crippen LogP contribution in [-0.2, 0) is 6.54 Å². The summed E-state index contributed by atoms with van der Waals surface area (Å²) in [4.78, 5) is 10.0. The van der Waals surface area contributed by atoms with Crippen molar-refractivity contribution in [3.63, 3.8) is 0 Å². The second-order valence-electron chi connectivity index (χ2n) is 4.00. The summed E-state index contributed by atoms with van der Waals surface area (Å²) in [6, 6.07) is 6.71. The molecule has 1 aromatic rings. The van der Waals surface area contributed by atoms with Gasteiger partial charge in [0.05, 0.1) is 4.92 Å². The van der Waals surface area contributed by atoms with Crippen LogP contribution in [0.1, 0.15) is 18.4 Å². The second-order valence-corrected chi connectivity index (χ2v) is 4.00. The Hall–Kier alpha value is -1.13. The molecular formula is C11H15ClN2O2. The number of halogens is 1. The Morgan fingerprint density at radius 3 is 2.44 bits per heavy atom. The zero-order chi connectivity index (χ0) is 10.7. The summed E-state index contributed by atoms with van der Waals surface area (Å²) in [7, 11) is 0. The molecule has 1 aliphatic carbocycles. The van der Waals surface area contributed by atoms with Crippen LogP contribution < -0.4 is 5.32 Å². The van der Waals surface area contributed by atoms with Crippen LogP contribution in [0.2, 0.25) is 0 Å². The van der Waals surface area contributed by atoms with E-state index >= 15 is 0 Å². The number of hydrogen-bond donors (Lipinski definition) is 1. The van der Waals surface area contributed by atoms with Crippen molar-refractivity contribution >= 4 is 18.1 Å². The molecule has 16 heavy (non-hydrogen) atoms. The molecule has 1 N–H and O–H groups in total. The molecule has 0 atom stereocenters. The normalized spacial score (nSPS) is 14.2. The van der Waals surface area contributed by atoms with Gasteiger partial charge in [-0.1, -0.05) is 12.1 Å². The van der Waals surface area contributed by atoms with Gasteiger partial charge in [-0.25, -0.2) is 0 Å². The summed E-state index contributed by atoms with van der Waals surface area (Å²) in [5, 5.41) is 13.8. The molecule has 0 aliphatic heterocycles. The molecule has 0 unspecified atom stereocenters. The minimum atomic E-state index is -0.374. The van der Waals surface area contributed by atoms with Gasteiger partial charge in [0.1, 0.15) is 0 Å². The van der Waals surface area contributed by atoms with E-state index in [1.807, 2.05) is 0 Å². The third-order valence-electron chi connectivity index (χ3n) is 2.61. The van der Waals surface area contributed by atoms with Crippen molar-refractivity contribution in [1.82, 2.24) is 5.32 Å². The van der Waals surface area contributed by atoms with Crippen molar-refractivity contribution in [2.24, 2.45) is 5.92 Å². The van der Waals surface area contributed by atoms with Crippen molar-refractivity contribution in [2.75, 3.05) is 6.54 Å². The number of nitro benzene ring substituents is 1. The molecule has 88 valence electrons. The number of rotatable bonds is 5. The molecule has 0 radical (unpaired) electrons. The predicted molar refractivity (Wildman–Crippen MR) is 64.8 cm³/mol. The molecule has 5 heteroatoms. The van der Waals surface area contributed by atoms with Gasteiger partial charge in [0.2, 0.25) is 0 Å². The lowest BCUT2D eigenvalue weighted by Crippen LogP contribution is -2.15. The van der Waals surface area contributed by atoms with E-state index < -0.39 is 0 Å². The van der Waals surface area contributed by atoms with Crippen molar-refractivity contribution in [1.29, 1.82) is 0 Å².